The van der Waals surface area contributed by atoms with Crippen LogP contribution in [0.2, 0.25) is 5.02 Å². The van der Waals surface area contributed by atoms with Gasteiger partial charge in [0.2, 0.25) is 0 Å². The number of piperazine rings is 1. The lowest BCUT2D eigenvalue weighted by atomic mass is 10.0. The summed E-state index contributed by atoms with van der Waals surface area (Å²) in [4.78, 5) is 43.6. The Morgan fingerprint density at radius 3 is 2.71 bits per heavy atom. The van der Waals surface area contributed by atoms with Crippen molar-refractivity contribution in [3.8, 4) is 22.9 Å². The van der Waals surface area contributed by atoms with E-state index in [2.05, 4.69) is 30.8 Å². The van der Waals surface area contributed by atoms with Crippen molar-refractivity contribution in [1.82, 2.24) is 24.4 Å². The zero-order chi connectivity index (χ0) is 31.2. The lowest BCUT2D eigenvalue weighted by Gasteiger charge is -2.35. The Balaban J connectivity index is 1.17. The zero-order valence-electron chi connectivity index (χ0n) is 24.4. The van der Waals surface area contributed by atoms with Crippen LogP contribution in [-0.2, 0) is 6.54 Å². The van der Waals surface area contributed by atoms with Gasteiger partial charge < -0.3 is 14.7 Å². The molecule has 0 spiro atoms. The SMILES string of the molecule is Cc1nc2cnc(N3CCN(C4CC4)CC3)c(C#N)c2c(=O)n1CCOc1ccc(Cl)cc1-c1ccnc2c(C(=O)O)csc12. The second kappa shape index (κ2) is 11.7. The number of rotatable bonds is 8. The van der Waals surface area contributed by atoms with Gasteiger partial charge in [0.15, 0.2) is 0 Å². The summed E-state index contributed by atoms with van der Waals surface area (Å²) in [6.07, 6.45) is 5.65. The average Bonchev–Trinajstić information content (AvgIpc) is 3.80. The summed E-state index contributed by atoms with van der Waals surface area (Å²) in [6, 6.07) is 9.95. The minimum absolute atomic E-state index is 0.130. The summed E-state index contributed by atoms with van der Waals surface area (Å²) in [5, 5.41) is 22.1. The third-order valence-corrected chi connectivity index (χ3v) is 9.69. The molecule has 1 aliphatic carbocycles. The molecule has 1 aliphatic heterocycles. The molecule has 228 valence electrons. The molecule has 1 saturated heterocycles. The molecule has 0 unspecified atom stereocenters. The molecule has 0 atom stereocenters. The quantitative estimate of drug-likeness (QED) is 0.247. The van der Waals surface area contributed by atoms with Crippen molar-refractivity contribution in [3.05, 3.63) is 74.4 Å². The van der Waals surface area contributed by atoms with Gasteiger partial charge in [-0.15, -0.1) is 11.3 Å². The van der Waals surface area contributed by atoms with Crippen LogP contribution in [0.4, 0.5) is 5.82 Å². The van der Waals surface area contributed by atoms with Crippen LogP contribution >= 0.6 is 22.9 Å². The van der Waals surface area contributed by atoms with E-state index in [0.717, 1.165) is 31.7 Å². The second-order valence-electron chi connectivity index (χ2n) is 11.2. The lowest BCUT2D eigenvalue weighted by Crippen LogP contribution is -2.47. The van der Waals surface area contributed by atoms with Crippen LogP contribution in [-0.4, -0.2) is 74.3 Å². The normalized spacial score (nSPS) is 15.4. The van der Waals surface area contributed by atoms with Gasteiger partial charge in [0.05, 0.1) is 39.4 Å². The highest BCUT2D eigenvalue weighted by Gasteiger charge is 2.32. The number of nitriles is 1. The summed E-state index contributed by atoms with van der Waals surface area (Å²) in [5.41, 5.74) is 2.28. The zero-order valence-corrected chi connectivity index (χ0v) is 25.9. The highest BCUT2D eigenvalue weighted by molar-refractivity contribution is 7.18. The molecule has 2 fully saturated rings. The number of aryl methyl sites for hydroxylation is 1. The maximum atomic E-state index is 13.9. The van der Waals surface area contributed by atoms with Crippen LogP contribution in [0.25, 0.3) is 32.2 Å². The number of aromatic nitrogens is 4. The molecule has 13 heteroatoms. The molecule has 7 rings (SSSR count). The molecule has 1 aromatic carbocycles. The minimum Gasteiger partial charge on any atom is -0.491 e. The first kappa shape index (κ1) is 29.2. The molecular formula is C32H28ClN7O4S. The van der Waals surface area contributed by atoms with Crippen LogP contribution < -0.4 is 15.2 Å². The Kier molecular flexibility index (Phi) is 7.61. The van der Waals surface area contributed by atoms with E-state index >= 15 is 0 Å². The largest absolute Gasteiger partial charge is 0.491 e. The second-order valence-corrected chi connectivity index (χ2v) is 12.5. The molecule has 5 aromatic rings. The Hall–Kier alpha value is -4.57. The molecule has 4 aromatic heterocycles. The van der Waals surface area contributed by atoms with E-state index in [-0.39, 0.29) is 35.2 Å². The third-order valence-electron chi connectivity index (χ3n) is 8.45. The molecule has 0 bridgehead atoms. The van der Waals surface area contributed by atoms with Crippen molar-refractivity contribution in [2.45, 2.75) is 32.4 Å². The molecule has 1 saturated carbocycles. The maximum Gasteiger partial charge on any atom is 0.338 e. The average molecular weight is 642 g/mol. The molecule has 2 aliphatic rings. The number of fused-ring (bicyclic) bond motifs is 2. The van der Waals surface area contributed by atoms with Gasteiger partial charge in [0, 0.05) is 59.9 Å². The fraction of sp³-hybridized carbons (Fsp3) is 0.312. The molecule has 0 radical (unpaired) electrons. The molecule has 45 heavy (non-hydrogen) atoms. The smallest absolute Gasteiger partial charge is 0.338 e. The van der Waals surface area contributed by atoms with E-state index in [4.69, 9.17) is 16.3 Å². The Labute approximate surface area is 266 Å². The molecular weight excluding hydrogens is 614 g/mol. The fourth-order valence-electron chi connectivity index (χ4n) is 6.04. The number of carboxylic acid groups (broad SMARTS) is 1. The highest BCUT2D eigenvalue weighted by Crippen LogP contribution is 2.39. The minimum atomic E-state index is -1.04. The van der Waals surface area contributed by atoms with Gasteiger partial charge in [-0.2, -0.15) is 5.26 Å². The van der Waals surface area contributed by atoms with Crippen molar-refractivity contribution >= 4 is 55.8 Å². The predicted molar refractivity (Wildman–Crippen MR) is 173 cm³/mol. The fourth-order valence-corrected chi connectivity index (χ4v) is 7.24. The lowest BCUT2D eigenvalue weighted by molar-refractivity contribution is 0.0699. The summed E-state index contributed by atoms with van der Waals surface area (Å²) >= 11 is 7.66. The van der Waals surface area contributed by atoms with Crippen molar-refractivity contribution in [2.75, 3.05) is 37.7 Å². The molecule has 1 N–H and O–H groups in total. The molecule has 0 amide bonds. The van der Waals surface area contributed by atoms with Gasteiger partial charge in [0.1, 0.15) is 35.6 Å². The van der Waals surface area contributed by atoms with Gasteiger partial charge in [-0.3, -0.25) is 19.2 Å². The number of hydrogen-bond donors (Lipinski definition) is 1. The number of nitrogens with zero attached hydrogens (tertiary/aromatic N) is 7. The van der Waals surface area contributed by atoms with Crippen LogP contribution in [0.15, 0.2) is 46.8 Å². The van der Waals surface area contributed by atoms with Gasteiger partial charge >= 0.3 is 5.97 Å². The van der Waals surface area contributed by atoms with Gasteiger partial charge in [-0.1, -0.05) is 11.6 Å². The van der Waals surface area contributed by atoms with E-state index in [1.165, 1.54) is 28.7 Å². The number of hydrogen-bond acceptors (Lipinski definition) is 10. The summed E-state index contributed by atoms with van der Waals surface area (Å²) < 4.78 is 8.45. The monoisotopic (exact) mass is 641 g/mol. The van der Waals surface area contributed by atoms with E-state index in [9.17, 15) is 20.0 Å². The number of ether oxygens (including phenoxy) is 1. The predicted octanol–water partition coefficient (Wildman–Crippen LogP) is 4.96. The number of benzene rings is 1. The van der Waals surface area contributed by atoms with Crippen LogP contribution in [0, 0.1) is 18.3 Å². The number of anilines is 1. The Morgan fingerprint density at radius 1 is 1.18 bits per heavy atom. The first-order valence-corrected chi connectivity index (χ1v) is 15.9. The summed E-state index contributed by atoms with van der Waals surface area (Å²) in [6.45, 7) is 5.39. The molecule has 11 nitrogen and oxygen atoms in total. The van der Waals surface area contributed by atoms with Crippen molar-refractivity contribution in [2.24, 2.45) is 0 Å². The van der Waals surface area contributed by atoms with Gasteiger partial charge in [-0.05, 0) is 44.0 Å². The number of pyridine rings is 2. The third kappa shape index (κ3) is 5.37. The van der Waals surface area contributed by atoms with Gasteiger partial charge in [0.25, 0.3) is 5.56 Å². The van der Waals surface area contributed by atoms with Crippen LogP contribution in [0.1, 0.15) is 34.6 Å². The molecule has 5 heterocycles. The Bertz CT molecular complexity index is 2080. The van der Waals surface area contributed by atoms with Crippen molar-refractivity contribution in [3.63, 3.8) is 0 Å². The van der Waals surface area contributed by atoms with Crippen molar-refractivity contribution < 1.29 is 14.6 Å². The van der Waals surface area contributed by atoms with Crippen LogP contribution in [0.5, 0.6) is 5.75 Å². The topological polar surface area (TPSA) is 137 Å². The first-order valence-electron chi connectivity index (χ1n) is 14.7. The maximum absolute atomic E-state index is 13.9. The standard InChI is InChI=1S/C32H28ClN7O4S/c1-18-37-25-16-36-30(39-10-8-38(9-11-39)20-3-4-20)23(15-34)27(25)31(41)40(18)12-13-44-26-5-2-19(33)14-22(26)21-6-7-35-28-24(32(42)43)17-45-29(21)28/h2,5-7,14,16-17,20H,3-4,8-13H2,1H3,(H,42,43). The first-order chi connectivity index (χ1) is 21.8. The number of carbonyl (C=O) groups is 1. The van der Waals surface area contributed by atoms with E-state index in [0.29, 0.717) is 49.8 Å². The number of thiophene rings is 1. The van der Waals surface area contributed by atoms with Crippen molar-refractivity contribution in [1.29, 1.82) is 5.26 Å². The van der Waals surface area contributed by atoms with E-state index < -0.39 is 5.97 Å². The van der Waals surface area contributed by atoms with Crippen LogP contribution in [0.3, 0.4) is 0 Å². The number of carboxylic acids is 1. The van der Waals surface area contributed by atoms with E-state index in [1.54, 1.807) is 49.0 Å². The highest BCUT2D eigenvalue weighted by atomic mass is 35.5. The van der Waals surface area contributed by atoms with Gasteiger partial charge in [-0.25, -0.2) is 14.8 Å². The Morgan fingerprint density at radius 2 is 1.98 bits per heavy atom. The number of aromatic carboxylic acids is 1. The van der Waals surface area contributed by atoms with E-state index in [1.807, 2.05) is 0 Å². The summed E-state index contributed by atoms with van der Waals surface area (Å²) in [5.74, 6) is 0.489. The number of halogens is 1. The summed E-state index contributed by atoms with van der Waals surface area (Å²) in [7, 11) is 0.